The average molecular weight is 526 g/mol. The molecule has 0 radical (unpaired) electrons. The van der Waals surface area contributed by atoms with Crippen LogP contribution in [0.2, 0.25) is 0 Å². The first kappa shape index (κ1) is 26.5. The van der Waals surface area contributed by atoms with Crippen molar-refractivity contribution >= 4 is 28.8 Å². The number of hydrogen-bond acceptors (Lipinski definition) is 6. The Morgan fingerprint density at radius 1 is 0.974 bits per heavy atom. The lowest BCUT2D eigenvalue weighted by Gasteiger charge is -2.30. The number of amides is 1. The van der Waals surface area contributed by atoms with Crippen LogP contribution in [-0.4, -0.2) is 41.5 Å². The molecule has 7 nitrogen and oxygen atoms in total. The highest BCUT2D eigenvalue weighted by Gasteiger charge is 2.47. The third kappa shape index (κ3) is 5.13. The number of ketones is 1. The van der Waals surface area contributed by atoms with Gasteiger partial charge in [0.15, 0.2) is 0 Å². The van der Waals surface area contributed by atoms with E-state index >= 15 is 0 Å². The van der Waals surface area contributed by atoms with Gasteiger partial charge in [0.05, 0.1) is 18.2 Å². The van der Waals surface area contributed by atoms with Gasteiger partial charge in [0.25, 0.3) is 11.7 Å². The Hall–Kier alpha value is -4.13. The fourth-order valence-corrected chi connectivity index (χ4v) is 5.53. The molecular weight excluding hydrogens is 490 g/mol. The number of pyridine rings is 1. The van der Waals surface area contributed by atoms with E-state index in [0.717, 1.165) is 30.1 Å². The first-order valence-electron chi connectivity index (χ1n) is 13.7. The van der Waals surface area contributed by atoms with Gasteiger partial charge >= 0.3 is 0 Å². The first-order valence-corrected chi connectivity index (χ1v) is 13.7. The van der Waals surface area contributed by atoms with Crippen LogP contribution in [0.4, 0.5) is 11.4 Å². The zero-order chi connectivity index (χ0) is 27.5. The predicted octanol–water partition coefficient (Wildman–Crippen LogP) is 6.22. The maximum Gasteiger partial charge on any atom is 0.300 e. The van der Waals surface area contributed by atoms with Crippen LogP contribution < -0.4 is 14.5 Å². The Kier molecular flexibility index (Phi) is 7.68. The summed E-state index contributed by atoms with van der Waals surface area (Å²) in [6.45, 7) is 8.57. The molecule has 202 valence electrons. The molecule has 1 amide bonds. The molecule has 1 unspecified atom stereocenters. The summed E-state index contributed by atoms with van der Waals surface area (Å²) in [6, 6.07) is 15.9. The van der Waals surface area contributed by atoms with Crippen molar-refractivity contribution in [3.8, 4) is 5.75 Å². The molecule has 1 aromatic heterocycles. The predicted molar refractivity (Wildman–Crippen MR) is 153 cm³/mol. The molecule has 2 fully saturated rings. The van der Waals surface area contributed by atoms with Gasteiger partial charge in [0.1, 0.15) is 11.5 Å². The Labute approximate surface area is 229 Å². The minimum Gasteiger partial charge on any atom is -0.507 e. The summed E-state index contributed by atoms with van der Waals surface area (Å²) >= 11 is 0. The Balaban J connectivity index is 1.60. The van der Waals surface area contributed by atoms with Crippen molar-refractivity contribution in [1.82, 2.24) is 4.98 Å². The quantitative estimate of drug-likeness (QED) is 0.224. The summed E-state index contributed by atoms with van der Waals surface area (Å²) in [5, 5.41) is 11.6. The molecule has 1 N–H and O–H groups in total. The van der Waals surface area contributed by atoms with Gasteiger partial charge in [0, 0.05) is 42.4 Å². The SMILES string of the molecule is CCOc1ccc(/C(O)=C2/C(=O)C(=O)N(c3ccc(N4CCCCC4)cc3)C2c2ccncc2)cc1C(C)C. The molecule has 1 atom stereocenters. The first-order chi connectivity index (χ1) is 18.9. The van der Waals surface area contributed by atoms with Crippen LogP contribution in [0.15, 0.2) is 72.6 Å². The molecule has 3 aromatic rings. The van der Waals surface area contributed by atoms with Crippen molar-refractivity contribution in [2.24, 2.45) is 0 Å². The third-order valence-corrected chi connectivity index (χ3v) is 7.52. The molecule has 0 aliphatic carbocycles. The van der Waals surface area contributed by atoms with Crippen LogP contribution in [0, 0.1) is 0 Å². The number of aromatic nitrogens is 1. The molecule has 2 aromatic carbocycles. The van der Waals surface area contributed by atoms with E-state index in [9.17, 15) is 14.7 Å². The minimum absolute atomic E-state index is 0.0603. The molecule has 39 heavy (non-hydrogen) atoms. The van der Waals surface area contributed by atoms with E-state index < -0.39 is 17.7 Å². The van der Waals surface area contributed by atoms with Crippen molar-refractivity contribution < 1.29 is 19.4 Å². The highest BCUT2D eigenvalue weighted by molar-refractivity contribution is 6.51. The van der Waals surface area contributed by atoms with E-state index in [2.05, 4.69) is 9.88 Å². The molecule has 3 heterocycles. The number of carbonyl (C=O) groups excluding carboxylic acids is 2. The summed E-state index contributed by atoms with van der Waals surface area (Å²) in [4.78, 5) is 35.0. The number of carbonyl (C=O) groups is 2. The summed E-state index contributed by atoms with van der Waals surface area (Å²) in [6.07, 6.45) is 6.84. The lowest BCUT2D eigenvalue weighted by Crippen LogP contribution is -2.30. The smallest absolute Gasteiger partial charge is 0.300 e. The van der Waals surface area contributed by atoms with Crippen LogP contribution in [0.1, 0.15) is 68.7 Å². The molecule has 7 heteroatoms. The number of hydrogen-bond donors (Lipinski definition) is 1. The number of nitrogens with zero attached hydrogens (tertiary/aromatic N) is 3. The van der Waals surface area contributed by atoms with Gasteiger partial charge in [-0.1, -0.05) is 13.8 Å². The van der Waals surface area contributed by atoms with Gasteiger partial charge < -0.3 is 14.7 Å². The standard InChI is InChI=1S/C32H35N3O4/c1-4-39-27-13-8-23(20-26(27)21(2)3)30(36)28-29(22-14-16-33-17-15-22)35(32(38)31(28)37)25-11-9-24(10-12-25)34-18-6-5-7-19-34/h8-17,20-21,29,36H,4-7,18-19H2,1-3H3/b30-28-. The van der Waals surface area contributed by atoms with Crippen LogP contribution >= 0.6 is 0 Å². The van der Waals surface area contributed by atoms with E-state index in [1.54, 1.807) is 30.6 Å². The third-order valence-electron chi connectivity index (χ3n) is 7.52. The summed E-state index contributed by atoms with van der Waals surface area (Å²) in [7, 11) is 0. The second-order valence-electron chi connectivity index (χ2n) is 10.4. The Morgan fingerprint density at radius 2 is 1.64 bits per heavy atom. The van der Waals surface area contributed by atoms with Crippen LogP contribution in [0.3, 0.4) is 0 Å². The molecule has 2 aliphatic heterocycles. The molecule has 0 spiro atoms. The van der Waals surface area contributed by atoms with Gasteiger partial charge in [-0.25, -0.2) is 0 Å². The number of aliphatic hydroxyl groups excluding tert-OH is 1. The van der Waals surface area contributed by atoms with Gasteiger partial charge in [-0.3, -0.25) is 19.5 Å². The molecule has 0 bridgehead atoms. The number of benzene rings is 2. The fourth-order valence-electron chi connectivity index (χ4n) is 5.53. The van der Waals surface area contributed by atoms with E-state index in [-0.39, 0.29) is 17.3 Å². The van der Waals surface area contributed by atoms with Gasteiger partial charge in [-0.05, 0) is 97.8 Å². The number of ether oxygens (including phenoxy) is 1. The Bertz CT molecular complexity index is 1380. The zero-order valence-electron chi connectivity index (χ0n) is 22.8. The van der Waals surface area contributed by atoms with Crippen LogP contribution in [-0.2, 0) is 9.59 Å². The molecule has 2 saturated heterocycles. The largest absolute Gasteiger partial charge is 0.507 e. The monoisotopic (exact) mass is 525 g/mol. The van der Waals surface area contributed by atoms with Crippen molar-refractivity contribution in [2.45, 2.75) is 52.0 Å². The summed E-state index contributed by atoms with van der Waals surface area (Å²) in [5.41, 5.74) is 3.86. The van der Waals surface area contributed by atoms with Gasteiger partial charge in [-0.15, -0.1) is 0 Å². The van der Waals surface area contributed by atoms with Crippen LogP contribution in [0.25, 0.3) is 5.76 Å². The number of aliphatic hydroxyl groups is 1. The van der Waals surface area contributed by atoms with Crippen molar-refractivity contribution in [3.05, 3.63) is 89.3 Å². The molecule has 2 aliphatic rings. The van der Waals surface area contributed by atoms with Crippen LogP contribution in [0.5, 0.6) is 5.75 Å². The highest BCUT2D eigenvalue weighted by Crippen LogP contribution is 2.43. The second-order valence-corrected chi connectivity index (χ2v) is 10.4. The average Bonchev–Trinajstić information content (AvgIpc) is 3.24. The maximum absolute atomic E-state index is 13.5. The molecular formula is C32H35N3O4. The molecule has 0 saturated carbocycles. The topological polar surface area (TPSA) is 83.0 Å². The fraction of sp³-hybridized carbons (Fsp3) is 0.344. The number of piperidine rings is 1. The zero-order valence-corrected chi connectivity index (χ0v) is 22.8. The van der Waals surface area contributed by atoms with E-state index in [4.69, 9.17) is 4.74 Å². The number of anilines is 2. The number of rotatable bonds is 7. The van der Waals surface area contributed by atoms with Crippen molar-refractivity contribution in [2.75, 3.05) is 29.5 Å². The minimum atomic E-state index is -0.789. The van der Waals surface area contributed by atoms with Crippen molar-refractivity contribution in [1.29, 1.82) is 0 Å². The van der Waals surface area contributed by atoms with Crippen molar-refractivity contribution in [3.63, 3.8) is 0 Å². The molecule has 5 rings (SSSR count). The highest BCUT2D eigenvalue weighted by atomic mass is 16.5. The lowest BCUT2D eigenvalue weighted by molar-refractivity contribution is -0.132. The van der Waals surface area contributed by atoms with E-state index in [0.29, 0.717) is 23.4 Å². The summed E-state index contributed by atoms with van der Waals surface area (Å²) < 4.78 is 5.78. The lowest BCUT2D eigenvalue weighted by atomic mass is 9.93. The number of Topliss-reactive ketones (excluding diaryl/α,β-unsaturated/α-hetero) is 1. The van der Waals surface area contributed by atoms with E-state index in [1.165, 1.54) is 24.2 Å². The van der Waals surface area contributed by atoms with E-state index in [1.807, 2.05) is 57.2 Å². The summed E-state index contributed by atoms with van der Waals surface area (Å²) in [5.74, 6) is -0.707. The Morgan fingerprint density at radius 3 is 2.28 bits per heavy atom. The maximum atomic E-state index is 13.5. The van der Waals surface area contributed by atoms with Gasteiger partial charge in [0.2, 0.25) is 0 Å². The normalized spacial score (nSPS) is 19.1. The second kappa shape index (κ2) is 11.3. The van der Waals surface area contributed by atoms with Gasteiger partial charge in [-0.2, -0.15) is 0 Å².